The number of para-hydroxylation sites is 1. The summed E-state index contributed by atoms with van der Waals surface area (Å²) in [5.74, 6) is 0.676. The highest BCUT2D eigenvalue weighted by Gasteiger charge is 2.08. The number of carbonyl (C=O) groups excluding carboxylic acids is 1. The first-order valence-electron chi connectivity index (χ1n) is 8.05. The van der Waals surface area contributed by atoms with Gasteiger partial charge in [0.2, 0.25) is 0 Å². The Bertz CT molecular complexity index is 935. The van der Waals surface area contributed by atoms with Crippen molar-refractivity contribution in [2.24, 2.45) is 0 Å². The van der Waals surface area contributed by atoms with E-state index in [-0.39, 0.29) is 5.56 Å². The quantitative estimate of drug-likeness (QED) is 0.667. The van der Waals surface area contributed by atoms with E-state index in [9.17, 15) is 9.59 Å². The maximum absolute atomic E-state index is 12.3. The molecule has 0 fully saturated rings. The Balaban J connectivity index is 1.86. The van der Waals surface area contributed by atoms with E-state index in [1.54, 1.807) is 41.0 Å². The first-order chi connectivity index (χ1) is 12.1. The number of benzene rings is 2. The van der Waals surface area contributed by atoms with Crippen molar-refractivity contribution in [3.63, 3.8) is 0 Å². The topological polar surface area (TPSA) is 48.3 Å². The lowest BCUT2D eigenvalue weighted by Gasteiger charge is -2.14. The molecule has 126 valence electrons. The Morgan fingerprint density at radius 2 is 1.64 bits per heavy atom. The summed E-state index contributed by atoms with van der Waals surface area (Å²) in [6, 6.07) is 16.2. The molecule has 0 amide bonds. The molecule has 0 spiro atoms. The first kappa shape index (κ1) is 16.7. The fraction of sp³-hybridized carbons (Fsp3) is 0.143. The van der Waals surface area contributed by atoms with E-state index < -0.39 is 0 Å². The molecule has 3 rings (SSSR count). The van der Waals surface area contributed by atoms with Gasteiger partial charge < -0.3 is 4.74 Å². The Morgan fingerprint density at radius 3 is 2.28 bits per heavy atom. The average Bonchev–Trinajstić information content (AvgIpc) is 2.62. The standard InChI is InChI=1S/C21H19NO3/c1-15-4-3-5-16(2)21(15)22-12-18(8-11-20(22)24)14-25-19-9-6-17(13-23)7-10-19/h3-13H,14H2,1-2H3. The molecule has 0 saturated carbocycles. The number of ether oxygens (including phenoxy) is 1. The van der Waals surface area contributed by atoms with Crippen molar-refractivity contribution in [2.75, 3.05) is 0 Å². The molecule has 4 heteroatoms. The molecule has 2 aromatic carbocycles. The van der Waals surface area contributed by atoms with Crippen molar-refractivity contribution in [1.29, 1.82) is 0 Å². The van der Waals surface area contributed by atoms with Crippen molar-refractivity contribution in [2.45, 2.75) is 20.5 Å². The second-order valence-electron chi connectivity index (χ2n) is 5.96. The van der Waals surface area contributed by atoms with Crippen molar-refractivity contribution in [1.82, 2.24) is 4.57 Å². The lowest BCUT2D eigenvalue weighted by molar-refractivity contribution is 0.112. The summed E-state index contributed by atoms with van der Waals surface area (Å²) >= 11 is 0. The van der Waals surface area contributed by atoms with Crippen molar-refractivity contribution < 1.29 is 9.53 Å². The van der Waals surface area contributed by atoms with Crippen LogP contribution in [0.5, 0.6) is 5.75 Å². The van der Waals surface area contributed by atoms with Gasteiger partial charge in [-0.3, -0.25) is 14.2 Å². The highest BCUT2D eigenvalue weighted by Crippen LogP contribution is 2.18. The molecule has 0 atom stereocenters. The molecule has 1 aromatic heterocycles. The third kappa shape index (κ3) is 3.69. The van der Waals surface area contributed by atoms with Crippen LogP contribution < -0.4 is 10.3 Å². The number of carbonyl (C=O) groups is 1. The Morgan fingerprint density at radius 1 is 0.960 bits per heavy atom. The molecule has 25 heavy (non-hydrogen) atoms. The van der Waals surface area contributed by atoms with Crippen LogP contribution in [0.25, 0.3) is 5.69 Å². The summed E-state index contributed by atoms with van der Waals surface area (Å²) in [6.45, 7) is 4.32. The van der Waals surface area contributed by atoms with Crippen LogP contribution in [-0.4, -0.2) is 10.9 Å². The minimum absolute atomic E-state index is 0.0727. The molecule has 0 unspecified atom stereocenters. The molecule has 0 radical (unpaired) electrons. The number of aryl methyl sites for hydroxylation is 2. The molecule has 0 bridgehead atoms. The van der Waals surface area contributed by atoms with E-state index >= 15 is 0 Å². The number of hydrogen-bond donors (Lipinski definition) is 0. The lowest BCUT2D eigenvalue weighted by Crippen LogP contribution is -2.19. The van der Waals surface area contributed by atoms with Gasteiger partial charge in [0, 0.05) is 23.4 Å². The van der Waals surface area contributed by atoms with Crippen LogP contribution in [0.4, 0.5) is 0 Å². The smallest absolute Gasteiger partial charge is 0.255 e. The van der Waals surface area contributed by atoms with Gasteiger partial charge in [-0.05, 0) is 55.3 Å². The zero-order valence-electron chi connectivity index (χ0n) is 14.2. The van der Waals surface area contributed by atoms with E-state index in [0.29, 0.717) is 17.9 Å². The van der Waals surface area contributed by atoms with E-state index in [4.69, 9.17) is 4.74 Å². The Kier molecular flexibility index (Phi) is 4.80. The van der Waals surface area contributed by atoms with Gasteiger partial charge in [-0.15, -0.1) is 0 Å². The van der Waals surface area contributed by atoms with Crippen LogP contribution >= 0.6 is 0 Å². The van der Waals surface area contributed by atoms with Gasteiger partial charge in [0.05, 0.1) is 5.69 Å². The second kappa shape index (κ2) is 7.18. The minimum atomic E-state index is -0.0727. The number of hydrogen-bond acceptors (Lipinski definition) is 3. The monoisotopic (exact) mass is 333 g/mol. The van der Waals surface area contributed by atoms with E-state index in [0.717, 1.165) is 28.7 Å². The fourth-order valence-corrected chi connectivity index (χ4v) is 2.79. The fourth-order valence-electron chi connectivity index (χ4n) is 2.79. The molecule has 4 nitrogen and oxygen atoms in total. The molecule has 0 N–H and O–H groups in total. The summed E-state index contributed by atoms with van der Waals surface area (Å²) in [5.41, 5.74) is 4.42. The van der Waals surface area contributed by atoms with Crippen molar-refractivity contribution in [3.8, 4) is 11.4 Å². The highest BCUT2D eigenvalue weighted by atomic mass is 16.5. The zero-order valence-corrected chi connectivity index (χ0v) is 14.2. The maximum atomic E-state index is 12.3. The summed E-state index contributed by atoms with van der Waals surface area (Å²) in [5, 5.41) is 0. The number of rotatable bonds is 5. The maximum Gasteiger partial charge on any atom is 0.255 e. The largest absolute Gasteiger partial charge is 0.489 e. The van der Waals surface area contributed by atoms with E-state index in [1.165, 1.54) is 0 Å². The second-order valence-corrected chi connectivity index (χ2v) is 5.96. The zero-order chi connectivity index (χ0) is 17.8. The lowest BCUT2D eigenvalue weighted by atomic mass is 10.1. The minimum Gasteiger partial charge on any atom is -0.489 e. The molecule has 0 aliphatic heterocycles. The number of pyridine rings is 1. The summed E-state index contributed by atoms with van der Waals surface area (Å²) in [7, 11) is 0. The highest BCUT2D eigenvalue weighted by molar-refractivity contribution is 5.74. The summed E-state index contributed by atoms with van der Waals surface area (Å²) in [4.78, 5) is 23.0. The van der Waals surface area contributed by atoms with Crippen molar-refractivity contribution >= 4 is 6.29 Å². The third-order valence-corrected chi connectivity index (χ3v) is 4.07. The number of aldehydes is 1. The van der Waals surface area contributed by atoms with Gasteiger partial charge in [-0.2, -0.15) is 0 Å². The van der Waals surface area contributed by atoms with Gasteiger partial charge in [-0.25, -0.2) is 0 Å². The van der Waals surface area contributed by atoms with Crippen LogP contribution in [-0.2, 0) is 6.61 Å². The van der Waals surface area contributed by atoms with Crippen LogP contribution in [0.15, 0.2) is 65.6 Å². The van der Waals surface area contributed by atoms with Crippen LogP contribution in [0.2, 0.25) is 0 Å². The molecular formula is C21H19NO3. The summed E-state index contributed by atoms with van der Waals surface area (Å²) in [6.07, 6.45) is 2.61. The SMILES string of the molecule is Cc1cccc(C)c1-n1cc(COc2ccc(C=O)cc2)ccc1=O. The van der Waals surface area contributed by atoms with E-state index in [1.807, 2.05) is 38.2 Å². The number of nitrogens with zero attached hydrogens (tertiary/aromatic N) is 1. The van der Waals surface area contributed by atoms with Gasteiger partial charge in [0.15, 0.2) is 0 Å². The van der Waals surface area contributed by atoms with Gasteiger partial charge >= 0.3 is 0 Å². The molecule has 0 aliphatic rings. The normalized spacial score (nSPS) is 10.5. The summed E-state index contributed by atoms with van der Waals surface area (Å²) < 4.78 is 7.42. The molecule has 0 aliphatic carbocycles. The van der Waals surface area contributed by atoms with Gasteiger partial charge in [0.1, 0.15) is 18.6 Å². The molecule has 0 saturated heterocycles. The van der Waals surface area contributed by atoms with Crippen molar-refractivity contribution in [3.05, 3.63) is 93.4 Å². The Hall–Kier alpha value is -3.14. The van der Waals surface area contributed by atoms with Crippen LogP contribution in [0, 0.1) is 13.8 Å². The van der Waals surface area contributed by atoms with Gasteiger partial charge in [0.25, 0.3) is 5.56 Å². The van der Waals surface area contributed by atoms with Gasteiger partial charge in [-0.1, -0.05) is 18.2 Å². The Labute approximate surface area is 146 Å². The van der Waals surface area contributed by atoms with Crippen LogP contribution in [0.3, 0.4) is 0 Å². The molecule has 1 heterocycles. The molecular weight excluding hydrogens is 314 g/mol. The van der Waals surface area contributed by atoms with E-state index in [2.05, 4.69) is 0 Å². The first-order valence-corrected chi connectivity index (χ1v) is 8.05. The average molecular weight is 333 g/mol. The predicted octanol–water partition coefficient (Wildman–Crippen LogP) is 3.85. The predicted molar refractivity (Wildman–Crippen MR) is 97.7 cm³/mol. The number of aromatic nitrogens is 1. The third-order valence-electron chi connectivity index (χ3n) is 4.07. The van der Waals surface area contributed by atoms with Crippen LogP contribution in [0.1, 0.15) is 27.0 Å². The molecule has 3 aromatic rings.